The van der Waals surface area contributed by atoms with Crippen LogP contribution in [0.5, 0.6) is 0 Å². The van der Waals surface area contributed by atoms with E-state index in [1.807, 2.05) is 0 Å². The molecule has 1 rings (SSSR count). The minimum absolute atomic E-state index is 0.783. The van der Waals surface area contributed by atoms with Crippen LogP contribution in [0.2, 0.25) is 0 Å². The molecule has 0 heteroatoms. The van der Waals surface area contributed by atoms with Gasteiger partial charge in [0, 0.05) is 0 Å². The van der Waals surface area contributed by atoms with Gasteiger partial charge in [-0.05, 0) is 37.2 Å². The molecule has 0 heterocycles. The molecule has 0 amide bonds. The molecule has 0 aromatic heterocycles. The van der Waals surface area contributed by atoms with Crippen LogP contribution >= 0.6 is 0 Å². The molecule has 0 nitrogen and oxygen atoms in total. The van der Waals surface area contributed by atoms with Crippen molar-refractivity contribution < 1.29 is 0 Å². The Labute approximate surface area is 88.4 Å². The van der Waals surface area contributed by atoms with Gasteiger partial charge >= 0.3 is 0 Å². The Bertz CT molecular complexity index is 225. The standard InChI is InChI=1S/C14H21/c1-3-13(2)9-7-8-12-14-10-5-4-6-11-14/h4-6,9-11,13H,3,7-8,12H2,1-2H3. The topological polar surface area (TPSA) is 0 Å². The minimum Gasteiger partial charge on any atom is -0.0651 e. The molecule has 0 saturated heterocycles. The lowest BCUT2D eigenvalue weighted by Gasteiger charge is -2.06. The van der Waals surface area contributed by atoms with E-state index in [1.165, 1.54) is 31.2 Å². The number of hydrogen-bond donors (Lipinski definition) is 0. The van der Waals surface area contributed by atoms with Gasteiger partial charge in [-0.1, -0.05) is 50.6 Å². The van der Waals surface area contributed by atoms with Crippen LogP contribution in [0.25, 0.3) is 0 Å². The molecule has 14 heavy (non-hydrogen) atoms. The van der Waals surface area contributed by atoms with Crippen molar-refractivity contribution >= 4 is 0 Å². The number of hydrogen-bond acceptors (Lipinski definition) is 0. The van der Waals surface area contributed by atoms with Crippen LogP contribution in [0.3, 0.4) is 0 Å². The molecule has 1 atom stereocenters. The lowest BCUT2D eigenvalue weighted by atomic mass is 9.99. The van der Waals surface area contributed by atoms with Gasteiger partial charge in [0.2, 0.25) is 0 Å². The second kappa shape index (κ2) is 6.64. The molecule has 0 spiro atoms. The molecular formula is C14H21. The zero-order valence-corrected chi connectivity index (χ0v) is 9.37. The second-order valence-corrected chi connectivity index (χ2v) is 4.00. The third-order valence-electron chi connectivity index (χ3n) is 2.73. The predicted molar refractivity (Wildman–Crippen MR) is 63.1 cm³/mol. The summed E-state index contributed by atoms with van der Waals surface area (Å²) in [6.45, 7) is 4.54. The molecule has 0 saturated carbocycles. The summed E-state index contributed by atoms with van der Waals surface area (Å²) in [6, 6.07) is 10.7. The Kier molecular flexibility index (Phi) is 5.36. The van der Waals surface area contributed by atoms with Gasteiger partial charge in [-0.15, -0.1) is 0 Å². The summed E-state index contributed by atoms with van der Waals surface area (Å²) in [5, 5.41) is 0. The zero-order valence-electron chi connectivity index (χ0n) is 9.37. The quantitative estimate of drug-likeness (QED) is 0.586. The minimum atomic E-state index is 0.783. The summed E-state index contributed by atoms with van der Waals surface area (Å²) in [4.78, 5) is 0. The highest BCUT2D eigenvalue weighted by molar-refractivity contribution is 5.14. The number of rotatable bonds is 6. The maximum atomic E-state index is 2.45. The first-order valence-electron chi connectivity index (χ1n) is 5.70. The number of unbranched alkanes of at least 4 members (excludes halogenated alkanes) is 1. The Morgan fingerprint density at radius 3 is 2.57 bits per heavy atom. The van der Waals surface area contributed by atoms with Gasteiger partial charge in [0.15, 0.2) is 0 Å². The summed E-state index contributed by atoms with van der Waals surface area (Å²) in [6.07, 6.45) is 7.47. The van der Waals surface area contributed by atoms with Crippen LogP contribution in [-0.4, -0.2) is 0 Å². The fourth-order valence-corrected chi connectivity index (χ4v) is 1.52. The summed E-state index contributed by atoms with van der Waals surface area (Å²) in [7, 11) is 0. The van der Waals surface area contributed by atoms with Gasteiger partial charge < -0.3 is 0 Å². The lowest BCUT2D eigenvalue weighted by Crippen LogP contribution is -1.94. The predicted octanol–water partition coefficient (Wildman–Crippen LogP) is 4.26. The van der Waals surface area contributed by atoms with Crippen molar-refractivity contribution in [3.05, 3.63) is 42.3 Å². The molecule has 0 bridgehead atoms. The van der Waals surface area contributed by atoms with E-state index >= 15 is 0 Å². The third-order valence-corrected chi connectivity index (χ3v) is 2.73. The Morgan fingerprint density at radius 2 is 1.93 bits per heavy atom. The first-order chi connectivity index (χ1) is 6.83. The molecular weight excluding hydrogens is 168 g/mol. The highest BCUT2D eigenvalue weighted by atomic mass is 14.0. The molecule has 1 aromatic rings. The largest absolute Gasteiger partial charge is 0.0651 e. The van der Waals surface area contributed by atoms with Gasteiger partial charge in [-0.25, -0.2) is 0 Å². The van der Waals surface area contributed by atoms with Gasteiger partial charge in [0.1, 0.15) is 0 Å². The Morgan fingerprint density at radius 1 is 1.21 bits per heavy atom. The third kappa shape index (κ3) is 4.45. The molecule has 0 fully saturated rings. The summed E-state index contributed by atoms with van der Waals surface area (Å²) in [5.41, 5.74) is 1.46. The fourth-order valence-electron chi connectivity index (χ4n) is 1.52. The number of aryl methyl sites for hydroxylation is 1. The van der Waals surface area contributed by atoms with E-state index in [0.717, 1.165) is 5.92 Å². The van der Waals surface area contributed by atoms with Crippen LogP contribution in [0.1, 0.15) is 38.7 Å². The zero-order chi connectivity index (χ0) is 10.2. The molecule has 0 aliphatic heterocycles. The monoisotopic (exact) mass is 189 g/mol. The van der Waals surface area contributed by atoms with Gasteiger partial charge in [-0.2, -0.15) is 0 Å². The van der Waals surface area contributed by atoms with Gasteiger partial charge in [0.25, 0.3) is 0 Å². The van der Waals surface area contributed by atoms with Crippen molar-refractivity contribution in [2.45, 2.75) is 39.5 Å². The van der Waals surface area contributed by atoms with E-state index in [1.54, 1.807) is 0 Å². The molecule has 1 aromatic carbocycles. The second-order valence-electron chi connectivity index (χ2n) is 4.00. The van der Waals surface area contributed by atoms with E-state index in [-0.39, 0.29) is 0 Å². The normalized spacial score (nSPS) is 12.7. The SMILES string of the molecule is CCC(C)[CH]CCCc1ccccc1. The van der Waals surface area contributed by atoms with Crippen molar-refractivity contribution in [3.63, 3.8) is 0 Å². The Hall–Kier alpha value is -0.780. The highest BCUT2D eigenvalue weighted by Crippen LogP contribution is 2.12. The van der Waals surface area contributed by atoms with Crippen LogP contribution < -0.4 is 0 Å². The van der Waals surface area contributed by atoms with Crippen molar-refractivity contribution in [3.8, 4) is 0 Å². The summed E-state index contributed by atoms with van der Waals surface area (Å²) in [5.74, 6) is 0.783. The molecule has 0 N–H and O–H groups in total. The first-order valence-corrected chi connectivity index (χ1v) is 5.70. The van der Waals surface area contributed by atoms with Crippen LogP contribution in [-0.2, 0) is 6.42 Å². The van der Waals surface area contributed by atoms with Gasteiger partial charge in [-0.3, -0.25) is 0 Å². The van der Waals surface area contributed by atoms with Crippen molar-refractivity contribution in [1.29, 1.82) is 0 Å². The van der Waals surface area contributed by atoms with Crippen LogP contribution in [0.15, 0.2) is 30.3 Å². The van der Waals surface area contributed by atoms with E-state index in [0.29, 0.717) is 0 Å². The maximum Gasteiger partial charge on any atom is -0.0279 e. The highest BCUT2D eigenvalue weighted by Gasteiger charge is 1.98. The van der Waals surface area contributed by atoms with E-state index < -0.39 is 0 Å². The van der Waals surface area contributed by atoms with Crippen molar-refractivity contribution in [1.82, 2.24) is 0 Å². The van der Waals surface area contributed by atoms with E-state index in [9.17, 15) is 0 Å². The van der Waals surface area contributed by atoms with E-state index in [2.05, 4.69) is 50.6 Å². The van der Waals surface area contributed by atoms with E-state index in [4.69, 9.17) is 0 Å². The first kappa shape index (κ1) is 11.3. The summed E-state index contributed by atoms with van der Waals surface area (Å²) >= 11 is 0. The molecule has 1 unspecified atom stereocenters. The average molecular weight is 189 g/mol. The fraction of sp³-hybridized carbons (Fsp3) is 0.500. The maximum absolute atomic E-state index is 2.45. The number of benzene rings is 1. The van der Waals surface area contributed by atoms with Crippen LogP contribution in [0.4, 0.5) is 0 Å². The average Bonchev–Trinajstić information content (AvgIpc) is 2.25. The molecule has 0 aliphatic rings. The molecule has 77 valence electrons. The molecule has 0 aliphatic carbocycles. The lowest BCUT2D eigenvalue weighted by molar-refractivity contribution is 0.601. The van der Waals surface area contributed by atoms with Crippen molar-refractivity contribution in [2.24, 2.45) is 5.92 Å². The smallest absolute Gasteiger partial charge is 0.0279 e. The Balaban J connectivity index is 2.10. The van der Waals surface area contributed by atoms with Crippen LogP contribution in [0, 0.1) is 12.3 Å². The van der Waals surface area contributed by atoms with Gasteiger partial charge in [0.05, 0.1) is 0 Å². The summed E-state index contributed by atoms with van der Waals surface area (Å²) < 4.78 is 0. The molecule has 1 radical (unpaired) electrons. The van der Waals surface area contributed by atoms with Crippen molar-refractivity contribution in [2.75, 3.05) is 0 Å².